The number of hydrogen-bond acceptors (Lipinski definition) is 3. The Kier molecular flexibility index (Phi) is 5.49. The predicted molar refractivity (Wildman–Crippen MR) is 68.4 cm³/mol. The molecule has 0 aromatic heterocycles. The van der Waals surface area contributed by atoms with E-state index in [1.165, 1.54) is 0 Å². The summed E-state index contributed by atoms with van der Waals surface area (Å²) in [5, 5.41) is 0. The van der Waals surface area contributed by atoms with E-state index in [-0.39, 0.29) is 5.91 Å². The van der Waals surface area contributed by atoms with E-state index in [0.29, 0.717) is 26.2 Å². The molecule has 1 aromatic carbocycles. The number of benzene rings is 1. The largest absolute Gasteiger partial charge is 0.398 e. The number of hydrogen-bond donors (Lipinski definition) is 1. The van der Waals surface area contributed by atoms with Crippen LogP contribution in [0.5, 0.6) is 0 Å². The van der Waals surface area contributed by atoms with Crippen LogP contribution in [-0.4, -0.2) is 31.1 Å². The van der Waals surface area contributed by atoms with Crippen molar-refractivity contribution in [1.82, 2.24) is 4.90 Å². The van der Waals surface area contributed by atoms with Gasteiger partial charge in [-0.1, -0.05) is 18.2 Å². The molecule has 0 saturated heterocycles. The average Bonchev–Trinajstić information content (AvgIpc) is 2.32. The monoisotopic (exact) mass is 236 g/mol. The Morgan fingerprint density at radius 1 is 1.41 bits per heavy atom. The minimum Gasteiger partial charge on any atom is -0.398 e. The molecule has 0 aliphatic rings. The Labute approximate surface area is 102 Å². The lowest BCUT2D eigenvalue weighted by Crippen LogP contribution is -2.27. The molecule has 94 valence electrons. The zero-order chi connectivity index (χ0) is 12.7. The Morgan fingerprint density at radius 3 is 2.76 bits per heavy atom. The molecule has 2 N–H and O–H groups in total. The second-order valence-electron chi connectivity index (χ2n) is 3.90. The number of anilines is 1. The van der Waals surface area contributed by atoms with Crippen molar-refractivity contribution in [3.8, 4) is 0 Å². The van der Waals surface area contributed by atoms with Crippen molar-refractivity contribution in [2.24, 2.45) is 0 Å². The number of para-hydroxylation sites is 1. The standard InChI is InChI=1S/C13H20N2O2/c1-3-17-9-8-13(16)15(2)10-11-6-4-5-7-12(11)14/h4-7H,3,8-10,14H2,1-2H3. The predicted octanol–water partition coefficient (Wildman–Crippen LogP) is 1.65. The lowest BCUT2D eigenvalue weighted by molar-refractivity contribution is -0.131. The van der Waals surface area contributed by atoms with Crippen molar-refractivity contribution in [3.05, 3.63) is 29.8 Å². The highest BCUT2D eigenvalue weighted by Crippen LogP contribution is 2.12. The van der Waals surface area contributed by atoms with Crippen LogP contribution in [0.4, 0.5) is 5.69 Å². The van der Waals surface area contributed by atoms with Crippen LogP contribution in [0, 0.1) is 0 Å². The minimum absolute atomic E-state index is 0.0710. The van der Waals surface area contributed by atoms with Crippen molar-refractivity contribution in [3.63, 3.8) is 0 Å². The molecule has 4 heteroatoms. The summed E-state index contributed by atoms with van der Waals surface area (Å²) < 4.78 is 5.16. The Bertz CT molecular complexity index is 366. The zero-order valence-corrected chi connectivity index (χ0v) is 10.5. The minimum atomic E-state index is 0.0710. The smallest absolute Gasteiger partial charge is 0.224 e. The van der Waals surface area contributed by atoms with Gasteiger partial charge in [-0.15, -0.1) is 0 Å². The third-order valence-electron chi connectivity index (χ3n) is 2.55. The second kappa shape index (κ2) is 6.91. The molecule has 0 fully saturated rings. The maximum absolute atomic E-state index is 11.7. The molecule has 0 atom stereocenters. The van der Waals surface area contributed by atoms with Crippen LogP contribution in [-0.2, 0) is 16.1 Å². The summed E-state index contributed by atoms with van der Waals surface area (Å²) in [6.45, 7) is 3.57. The van der Waals surface area contributed by atoms with Gasteiger partial charge >= 0.3 is 0 Å². The van der Waals surface area contributed by atoms with E-state index in [0.717, 1.165) is 11.3 Å². The number of nitrogens with zero attached hydrogens (tertiary/aromatic N) is 1. The molecule has 0 bridgehead atoms. The molecule has 0 aliphatic heterocycles. The summed E-state index contributed by atoms with van der Waals surface area (Å²) in [6.07, 6.45) is 0.414. The van der Waals surface area contributed by atoms with Crippen LogP contribution in [0.2, 0.25) is 0 Å². The van der Waals surface area contributed by atoms with E-state index in [1.54, 1.807) is 11.9 Å². The zero-order valence-electron chi connectivity index (χ0n) is 10.5. The molecule has 1 amide bonds. The van der Waals surface area contributed by atoms with Gasteiger partial charge in [0, 0.05) is 25.9 Å². The first-order valence-electron chi connectivity index (χ1n) is 5.80. The number of carbonyl (C=O) groups is 1. The molecule has 0 radical (unpaired) electrons. The van der Waals surface area contributed by atoms with Crippen LogP contribution in [0.25, 0.3) is 0 Å². The molecule has 4 nitrogen and oxygen atoms in total. The van der Waals surface area contributed by atoms with Crippen LogP contribution in [0.15, 0.2) is 24.3 Å². The van der Waals surface area contributed by atoms with Crippen molar-refractivity contribution < 1.29 is 9.53 Å². The van der Waals surface area contributed by atoms with Gasteiger partial charge in [0.2, 0.25) is 5.91 Å². The highest BCUT2D eigenvalue weighted by atomic mass is 16.5. The number of nitrogen functional groups attached to an aromatic ring is 1. The van der Waals surface area contributed by atoms with Crippen LogP contribution >= 0.6 is 0 Å². The van der Waals surface area contributed by atoms with E-state index in [4.69, 9.17) is 10.5 Å². The van der Waals surface area contributed by atoms with Gasteiger partial charge in [-0.25, -0.2) is 0 Å². The maximum Gasteiger partial charge on any atom is 0.224 e. The first-order chi connectivity index (χ1) is 8.15. The summed E-state index contributed by atoms with van der Waals surface area (Å²) in [4.78, 5) is 13.4. The number of carbonyl (C=O) groups excluding carboxylic acids is 1. The first kappa shape index (κ1) is 13.5. The molecule has 0 heterocycles. The van der Waals surface area contributed by atoms with Gasteiger partial charge in [-0.2, -0.15) is 0 Å². The number of rotatable bonds is 6. The quantitative estimate of drug-likeness (QED) is 0.603. The topological polar surface area (TPSA) is 55.6 Å². The fourth-order valence-electron chi connectivity index (χ4n) is 1.52. The average molecular weight is 236 g/mol. The van der Waals surface area contributed by atoms with Crippen molar-refractivity contribution in [2.45, 2.75) is 19.9 Å². The first-order valence-corrected chi connectivity index (χ1v) is 5.80. The molecular formula is C13H20N2O2. The van der Waals surface area contributed by atoms with Crippen LogP contribution < -0.4 is 5.73 Å². The lowest BCUT2D eigenvalue weighted by Gasteiger charge is -2.18. The third-order valence-corrected chi connectivity index (χ3v) is 2.55. The molecular weight excluding hydrogens is 216 g/mol. The molecule has 0 spiro atoms. The molecule has 1 rings (SSSR count). The van der Waals surface area contributed by atoms with E-state index in [2.05, 4.69) is 0 Å². The van der Waals surface area contributed by atoms with Gasteiger partial charge in [-0.3, -0.25) is 4.79 Å². The van der Waals surface area contributed by atoms with Gasteiger partial charge in [0.1, 0.15) is 0 Å². The molecule has 0 aliphatic carbocycles. The molecule has 0 unspecified atom stereocenters. The number of nitrogens with two attached hydrogens (primary N) is 1. The van der Waals surface area contributed by atoms with Crippen molar-refractivity contribution >= 4 is 11.6 Å². The van der Waals surface area contributed by atoms with Crippen molar-refractivity contribution in [1.29, 1.82) is 0 Å². The van der Waals surface area contributed by atoms with Crippen molar-refractivity contribution in [2.75, 3.05) is 26.0 Å². The fourth-order valence-corrected chi connectivity index (χ4v) is 1.52. The van der Waals surface area contributed by atoms with Gasteiger partial charge in [0.15, 0.2) is 0 Å². The highest BCUT2D eigenvalue weighted by molar-refractivity contribution is 5.76. The lowest BCUT2D eigenvalue weighted by atomic mass is 10.1. The van der Waals surface area contributed by atoms with E-state index < -0.39 is 0 Å². The molecule has 17 heavy (non-hydrogen) atoms. The van der Waals surface area contributed by atoms with Gasteiger partial charge < -0.3 is 15.4 Å². The summed E-state index contributed by atoms with van der Waals surface area (Å²) in [5.41, 5.74) is 7.52. The van der Waals surface area contributed by atoms with E-state index in [1.807, 2.05) is 31.2 Å². The van der Waals surface area contributed by atoms with Gasteiger partial charge in [0.25, 0.3) is 0 Å². The third kappa shape index (κ3) is 4.44. The summed E-state index contributed by atoms with van der Waals surface area (Å²) in [6, 6.07) is 7.58. The fraction of sp³-hybridized carbons (Fsp3) is 0.462. The van der Waals surface area contributed by atoms with Gasteiger partial charge in [-0.05, 0) is 18.6 Å². The highest BCUT2D eigenvalue weighted by Gasteiger charge is 2.10. The summed E-state index contributed by atoms with van der Waals surface area (Å²) in [7, 11) is 1.78. The van der Waals surface area contributed by atoms with E-state index >= 15 is 0 Å². The normalized spacial score (nSPS) is 10.2. The maximum atomic E-state index is 11.7. The number of ether oxygens (including phenoxy) is 1. The second-order valence-corrected chi connectivity index (χ2v) is 3.90. The van der Waals surface area contributed by atoms with Gasteiger partial charge in [0.05, 0.1) is 13.0 Å². The summed E-state index contributed by atoms with van der Waals surface area (Å²) >= 11 is 0. The number of amides is 1. The SMILES string of the molecule is CCOCCC(=O)N(C)Cc1ccccc1N. The van der Waals surface area contributed by atoms with Crippen LogP contribution in [0.3, 0.4) is 0 Å². The molecule has 0 saturated carbocycles. The molecule has 1 aromatic rings. The Balaban J connectivity index is 2.46. The Hall–Kier alpha value is -1.55. The Morgan fingerprint density at radius 2 is 2.12 bits per heavy atom. The van der Waals surface area contributed by atoms with E-state index in [9.17, 15) is 4.79 Å². The summed E-state index contributed by atoms with van der Waals surface area (Å²) in [5.74, 6) is 0.0710. The van der Waals surface area contributed by atoms with Crippen LogP contribution in [0.1, 0.15) is 18.9 Å².